The fourth-order valence-corrected chi connectivity index (χ4v) is 4.95. The number of rotatable bonds is 4. The van der Waals surface area contributed by atoms with Crippen molar-refractivity contribution in [3.05, 3.63) is 46.2 Å². The second-order valence-corrected chi connectivity index (χ2v) is 8.61. The molecule has 1 aromatic carbocycles. The lowest BCUT2D eigenvalue weighted by Crippen LogP contribution is -2.29. The molecule has 2 nitrogen and oxygen atoms in total. The number of benzene rings is 1. The standard InChI is InChI=1S/C22H28BrFO2/c1-2-3-22(25)26-19-11-8-16(9-12-19)15-4-6-17(7-5-15)18-10-13-20(23)21(24)14-18/h2-3,10,13-17,19H,4-9,11-12H2,1H3. The fraction of sp³-hybridized carbons (Fsp3) is 0.591. The number of esters is 1. The van der Waals surface area contributed by atoms with Gasteiger partial charge in [0.25, 0.3) is 0 Å². The Hall–Kier alpha value is -1.16. The Morgan fingerprint density at radius 2 is 1.69 bits per heavy atom. The van der Waals surface area contributed by atoms with E-state index in [2.05, 4.69) is 22.0 Å². The third kappa shape index (κ3) is 4.97. The molecule has 2 fully saturated rings. The molecule has 0 amide bonds. The zero-order chi connectivity index (χ0) is 18.5. The van der Waals surface area contributed by atoms with E-state index in [1.165, 1.54) is 18.9 Å². The molecule has 0 heterocycles. The van der Waals surface area contributed by atoms with Gasteiger partial charge in [0, 0.05) is 6.08 Å². The van der Waals surface area contributed by atoms with Gasteiger partial charge in [-0.3, -0.25) is 0 Å². The molecule has 2 saturated carbocycles. The molecule has 0 radical (unpaired) electrons. The first-order chi connectivity index (χ1) is 12.6. The summed E-state index contributed by atoms with van der Waals surface area (Å²) in [6.07, 6.45) is 12.4. The van der Waals surface area contributed by atoms with E-state index >= 15 is 0 Å². The lowest BCUT2D eigenvalue weighted by molar-refractivity contribution is -0.145. The smallest absolute Gasteiger partial charge is 0.330 e. The van der Waals surface area contributed by atoms with E-state index in [0.29, 0.717) is 10.4 Å². The van der Waals surface area contributed by atoms with Gasteiger partial charge in [-0.1, -0.05) is 12.1 Å². The molecule has 0 bridgehead atoms. The van der Waals surface area contributed by atoms with Crippen molar-refractivity contribution < 1.29 is 13.9 Å². The third-order valence-corrected chi connectivity index (χ3v) is 6.80. The summed E-state index contributed by atoms with van der Waals surface area (Å²) in [4.78, 5) is 11.6. The zero-order valence-corrected chi connectivity index (χ0v) is 17.0. The molecular weight excluding hydrogens is 395 g/mol. The van der Waals surface area contributed by atoms with Crippen molar-refractivity contribution in [1.82, 2.24) is 0 Å². The number of allylic oxidation sites excluding steroid dienone is 1. The summed E-state index contributed by atoms with van der Waals surface area (Å²) in [6.45, 7) is 1.83. The van der Waals surface area contributed by atoms with E-state index in [1.807, 2.05) is 13.0 Å². The van der Waals surface area contributed by atoms with Gasteiger partial charge in [-0.05, 0) is 110 Å². The summed E-state index contributed by atoms with van der Waals surface area (Å²) in [6, 6.07) is 5.58. The monoisotopic (exact) mass is 422 g/mol. The second-order valence-electron chi connectivity index (χ2n) is 7.76. The minimum absolute atomic E-state index is 0.0945. The highest BCUT2D eigenvalue weighted by Crippen LogP contribution is 2.43. The Balaban J connectivity index is 1.45. The Kier molecular flexibility index (Phi) is 6.91. The van der Waals surface area contributed by atoms with Gasteiger partial charge in [0.1, 0.15) is 11.9 Å². The van der Waals surface area contributed by atoms with Crippen molar-refractivity contribution in [2.24, 2.45) is 11.8 Å². The molecule has 0 aromatic heterocycles. The van der Waals surface area contributed by atoms with E-state index in [1.54, 1.807) is 12.1 Å². The minimum Gasteiger partial charge on any atom is -0.459 e. The lowest BCUT2D eigenvalue weighted by Gasteiger charge is -2.37. The fourth-order valence-electron chi connectivity index (χ4n) is 4.71. The molecule has 142 valence electrons. The van der Waals surface area contributed by atoms with Gasteiger partial charge in [-0.2, -0.15) is 0 Å². The molecule has 0 saturated heterocycles. The molecule has 0 N–H and O–H groups in total. The van der Waals surface area contributed by atoms with Crippen LogP contribution in [0.3, 0.4) is 0 Å². The molecule has 0 spiro atoms. The molecule has 0 atom stereocenters. The number of halogens is 2. The van der Waals surface area contributed by atoms with Crippen LogP contribution in [0.4, 0.5) is 4.39 Å². The topological polar surface area (TPSA) is 26.3 Å². The lowest BCUT2D eigenvalue weighted by atomic mass is 9.69. The van der Waals surface area contributed by atoms with Gasteiger partial charge in [-0.25, -0.2) is 9.18 Å². The van der Waals surface area contributed by atoms with Crippen LogP contribution < -0.4 is 0 Å². The van der Waals surface area contributed by atoms with Crippen molar-refractivity contribution >= 4 is 21.9 Å². The average Bonchev–Trinajstić information content (AvgIpc) is 2.65. The van der Waals surface area contributed by atoms with Crippen LogP contribution in [0.15, 0.2) is 34.8 Å². The molecule has 4 heteroatoms. The summed E-state index contributed by atoms with van der Waals surface area (Å²) in [5, 5.41) is 0. The summed E-state index contributed by atoms with van der Waals surface area (Å²) in [5.41, 5.74) is 1.14. The SMILES string of the molecule is CC=CC(=O)OC1CCC(C2CCC(c3ccc(Br)c(F)c3)CC2)CC1. The van der Waals surface area contributed by atoms with Gasteiger partial charge < -0.3 is 4.74 Å². The van der Waals surface area contributed by atoms with Crippen molar-refractivity contribution in [3.8, 4) is 0 Å². The van der Waals surface area contributed by atoms with Crippen LogP contribution in [0.1, 0.15) is 69.8 Å². The van der Waals surface area contributed by atoms with E-state index in [9.17, 15) is 9.18 Å². The van der Waals surface area contributed by atoms with Crippen LogP contribution in [0.2, 0.25) is 0 Å². The summed E-state index contributed by atoms with van der Waals surface area (Å²) in [7, 11) is 0. The largest absolute Gasteiger partial charge is 0.459 e. The van der Waals surface area contributed by atoms with Crippen LogP contribution in [-0.2, 0) is 9.53 Å². The first-order valence-corrected chi connectivity index (χ1v) is 10.6. The molecule has 2 aliphatic carbocycles. The molecule has 3 rings (SSSR count). The molecule has 26 heavy (non-hydrogen) atoms. The van der Waals surface area contributed by atoms with Crippen molar-refractivity contribution in [2.75, 3.05) is 0 Å². The van der Waals surface area contributed by atoms with Gasteiger partial charge in [0.15, 0.2) is 0 Å². The van der Waals surface area contributed by atoms with Gasteiger partial charge in [0.2, 0.25) is 0 Å². The molecular formula is C22H28BrFO2. The molecule has 1 aromatic rings. The van der Waals surface area contributed by atoms with Crippen LogP contribution in [0.25, 0.3) is 0 Å². The quantitative estimate of drug-likeness (QED) is 0.406. The molecule has 0 aliphatic heterocycles. The van der Waals surface area contributed by atoms with Crippen molar-refractivity contribution in [2.45, 2.75) is 70.3 Å². The average molecular weight is 423 g/mol. The minimum atomic E-state index is -0.210. The van der Waals surface area contributed by atoms with Crippen molar-refractivity contribution in [3.63, 3.8) is 0 Å². The number of hydrogen-bond acceptors (Lipinski definition) is 2. The number of carbonyl (C=O) groups is 1. The van der Waals surface area contributed by atoms with Gasteiger partial charge in [0.05, 0.1) is 4.47 Å². The molecule has 2 aliphatic rings. The predicted octanol–water partition coefficient (Wildman–Crippen LogP) is 6.54. The highest BCUT2D eigenvalue weighted by atomic mass is 79.9. The van der Waals surface area contributed by atoms with Crippen LogP contribution in [0.5, 0.6) is 0 Å². The summed E-state index contributed by atoms with van der Waals surface area (Å²) >= 11 is 3.23. The maximum atomic E-state index is 13.8. The van der Waals surface area contributed by atoms with E-state index in [4.69, 9.17) is 4.74 Å². The van der Waals surface area contributed by atoms with Crippen LogP contribution >= 0.6 is 15.9 Å². The number of hydrogen-bond donors (Lipinski definition) is 0. The highest BCUT2D eigenvalue weighted by molar-refractivity contribution is 9.10. The van der Waals surface area contributed by atoms with E-state index in [-0.39, 0.29) is 17.9 Å². The Morgan fingerprint density at radius 3 is 2.27 bits per heavy atom. The predicted molar refractivity (Wildman–Crippen MR) is 105 cm³/mol. The summed E-state index contributed by atoms with van der Waals surface area (Å²) in [5.74, 6) is 1.66. The highest BCUT2D eigenvalue weighted by Gasteiger charge is 2.32. The normalized spacial score (nSPS) is 29.7. The Bertz CT molecular complexity index is 642. The summed E-state index contributed by atoms with van der Waals surface area (Å²) < 4.78 is 19.8. The first kappa shape index (κ1) is 19.6. The Morgan fingerprint density at radius 1 is 1.08 bits per heavy atom. The third-order valence-electron chi connectivity index (χ3n) is 6.16. The van der Waals surface area contributed by atoms with E-state index < -0.39 is 0 Å². The van der Waals surface area contributed by atoms with Crippen LogP contribution in [-0.4, -0.2) is 12.1 Å². The second kappa shape index (κ2) is 9.16. The van der Waals surface area contributed by atoms with E-state index in [0.717, 1.165) is 55.9 Å². The van der Waals surface area contributed by atoms with Crippen molar-refractivity contribution in [1.29, 1.82) is 0 Å². The number of carbonyl (C=O) groups excluding carboxylic acids is 1. The maximum Gasteiger partial charge on any atom is 0.330 e. The maximum absolute atomic E-state index is 13.8. The zero-order valence-electron chi connectivity index (χ0n) is 15.4. The van der Waals surface area contributed by atoms with Crippen LogP contribution in [0, 0.1) is 17.7 Å². The molecule has 0 unspecified atom stereocenters. The first-order valence-electron chi connectivity index (χ1n) is 9.85. The van der Waals surface area contributed by atoms with Gasteiger partial charge >= 0.3 is 5.97 Å². The van der Waals surface area contributed by atoms with Gasteiger partial charge in [-0.15, -0.1) is 0 Å². The number of ether oxygens (including phenoxy) is 1. The Labute approximate surface area is 164 Å².